The number of benzene rings is 1. The smallest absolute Gasteiger partial charge is 0.228 e. The predicted octanol–water partition coefficient (Wildman–Crippen LogP) is 4.22. The van der Waals surface area contributed by atoms with Crippen molar-refractivity contribution in [2.75, 3.05) is 18.4 Å². The first-order valence-corrected chi connectivity index (χ1v) is 8.78. The highest BCUT2D eigenvalue weighted by molar-refractivity contribution is 6.42. The van der Waals surface area contributed by atoms with E-state index in [9.17, 15) is 9.59 Å². The van der Waals surface area contributed by atoms with Gasteiger partial charge in [-0.25, -0.2) is 0 Å². The molecule has 0 saturated heterocycles. The number of halogens is 2. The molecule has 1 aromatic rings. The van der Waals surface area contributed by atoms with E-state index in [2.05, 4.69) is 19.2 Å². The van der Waals surface area contributed by atoms with Crippen LogP contribution in [-0.2, 0) is 9.59 Å². The van der Waals surface area contributed by atoms with Gasteiger partial charge in [-0.2, -0.15) is 0 Å². The van der Waals surface area contributed by atoms with Crippen LogP contribution in [-0.4, -0.2) is 29.8 Å². The van der Waals surface area contributed by atoms with E-state index in [1.165, 1.54) is 0 Å². The van der Waals surface area contributed by atoms with E-state index in [1.807, 2.05) is 4.90 Å². The largest absolute Gasteiger partial charge is 0.342 e. The summed E-state index contributed by atoms with van der Waals surface area (Å²) in [4.78, 5) is 26.6. The second kappa shape index (κ2) is 8.02. The maximum Gasteiger partial charge on any atom is 0.228 e. The normalized spacial score (nSPS) is 19.3. The highest BCUT2D eigenvalue weighted by Crippen LogP contribution is 2.41. The van der Waals surface area contributed by atoms with Gasteiger partial charge >= 0.3 is 0 Å². The molecule has 2 amide bonds. The van der Waals surface area contributed by atoms with Crippen molar-refractivity contribution < 1.29 is 9.59 Å². The van der Waals surface area contributed by atoms with Gasteiger partial charge in [0.05, 0.1) is 21.9 Å². The summed E-state index contributed by atoms with van der Waals surface area (Å²) in [7, 11) is 0. The molecule has 1 N–H and O–H groups in total. The average Bonchev–Trinajstić information content (AvgIpc) is 3.31. The summed E-state index contributed by atoms with van der Waals surface area (Å²) in [5.74, 6) is -0.457. The third kappa shape index (κ3) is 4.61. The molecule has 1 aliphatic rings. The zero-order valence-corrected chi connectivity index (χ0v) is 15.0. The lowest BCUT2D eigenvalue weighted by molar-refractivity contribution is -0.134. The summed E-state index contributed by atoms with van der Waals surface area (Å²) in [5, 5.41) is 3.64. The van der Waals surface area contributed by atoms with E-state index in [0.717, 1.165) is 25.9 Å². The highest BCUT2D eigenvalue weighted by Gasteiger charge is 2.49. The fraction of sp³-hybridized carbons (Fsp3) is 0.529. The summed E-state index contributed by atoms with van der Waals surface area (Å²) in [5.41, 5.74) is 0.599. The summed E-state index contributed by atoms with van der Waals surface area (Å²) < 4.78 is 0. The highest BCUT2D eigenvalue weighted by atomic mass is 35.5. The first-order chi connectivity index (χ1) is 11.0. The molecule has 2 rings (SSSR count). The fourth-order valence-electron chi connectivity index (χ4n) is 2.67. The van der Waals surface area contributed by atoms with Crippen molar-refractivity contribution in [3.8, 4) is 0 Å². The topological polar surface area (TPSA) is 49.4 Å². The molecule has 2 unspecified atom stereocenters. The number of rotatable bonds is 7. The van der Waals surface area contributed by atoms with E-state index in [4.69, 9.17) is 23.2 Å². The molecule has 0 radical (unpaired) electrons. The van der Waals surface area contributed by atoms with Crippen molar-refractivity contribution >= 4 is 40.7 Å². The molecule has 1 aromatic carbocycles. The van der Waals surface area contributed by atoms with E-state index in [1.54, 1.807) is 18.2 Å². The summed E-state index contributed by atoms with van der Waals surface area (Å²) in [6.45, 7) is 5.61. The molecule has 1 fully saturated rings. The Balaban J connectivity index is 1.92. The molecule has 126 valence electrons. The number of amides is 2. The predicted molar refractivity (Wildman–Crippen MR) is 93.9 cm³/mol. The van der Waals surface area contributed by atoms with Gasteiger partial charge < -0.3 is 10.2 Å². The minimum absolute atomic E-state index is 0.1000. The van der Waals surface area contributed by atoms with Gasteiger partial charge in [-0.1, -0.05) is 37.0 Å². The van der Waals surface area contributed by atoms with E-state index in [0.29, 0.717) is 22.2 Å². The summed E-state index contributed by atoms with van der Waals surface area (Å²) >= 11 is 11.8. The Morgan fingerprint density at radius 2 is 1.78 bits per heavy atom. The molecule has 23 heavy (non-hydrogen) atoms. The van der Waals surface area contributed by atoms with Gasteiger partial charge in [0.15, 0.2) is 0 Å². The third-order valence-corrected chi connectivity index (χ3v) is 4.67. The van der Waals surface area contributed by atoms with Crippen molar-refractivity contribution in [1.82, 2.24) is 4.90 Å². The number of carbonyl (C=O) groups is 2. The van der Waals surface area contributed by atoms with Crippen molar-refractivity contribution in [1.29, 1.82) is 0 Å². The quantitative estimate of drug-likeness (QED) is 0.794. The minimum Gasteiger partial charge on any atom is -0.342 e. The number of hydrogen-bond donors (Lipinski definition) is 1. The number of anilines is 1. The Kier molecular flexibility index (Phi) is 6.31. The number of hydrogen-bond acceptors (Lipinski definition) is 2. The fourth-order valence-corrected chi connectivity index (χ4v) is 2.97. The summed E-state index contributed by atoms with van der Waals surface area (Å²) in [6, 6.07) is 4.95. The Morgan fingerprint density at radius 3 is 2.35 bits per heavy atom. The SMILES string of the molecule is CCCN(CCC)C(=O)C1CC1C(=O)Nc1ccc(Cl)c(Cl)c1. The zero-order chi connectivity index (χ0) is 17.0. The van der Waals surface area contributed by atoms with Gasteiger partial charge in [0, 0.05) is 18.8 Å². The van der Waals surface area contributed by atoms with Crippen LogP contribution in [0, 0.1) is 11.8 Å². The van der Waals surface area contributed by atoms with Gasteiger partial charge in [-0.05, 0) is 37.5 Å². The molecule has 1 aliphatic carbocycles. The van der Waals surface area contributed by atoms with Crippen molar-refractivity contribution in [2.24, 2.45) is 11.8 Å². The maximum absolute atomic E-state index is 12.5. The lowest BCUT2D eigenvalue weighted by Crippen LogP contribution is -2.34. The molecule has 0 heterocycles. The van der Waals surface area contributed by atoms with Crippen LogP contribution >= 0.6 is 23.2 Å². The van der Waals surface area contributed by atoms with E-state index < -0.39 is 0 Å². The molecule has 6 heteroatoms. The molecular formula is C17H22Cl2N2O2. The summed E-state index contributed by atoms with van der Waals surface area (Å²) in [6.07, 6.45) is 2.48. The lowest BCUT2D eigenvalue weighted by Gasteiger charge is -2.21. The standard InChI is InChI=1S/C17H22Cl2N2O2/c1-3-7-21(8-4-2)17(23)13-10-12(13)16(22)20-11-5-6-14(18)15(19)9-11/h5-6,9,12-13H,3-4,7-8,10H2,1-2H3,(H,20,22). The Bertz CT molecular complexity index is 586. The first kappa shape index (κ1) is 18.1. The molecule has 0 aliphatic heterocycles. The minimum atomic E-state index is -0.242. The Labute approximate surface area is 147 Å². The Morgan fingerprint density at radius 1 is 1.13 bits per heavy atom. The van der Waals surface area contributed by atoms with Crippen LogP contribution < -0.4 is 5.32 Å². The monoisotopic (exact) mass is 356 g/mol. The van der Waals surface area contributed by atoms with Crippen LogP contribution in [0.4, 0.5) is 5.69 Å². The second-order valence-electron chi connectivity index (χ2n) is 5.89. The zero-order valence-electron chi connectivity index (χ0n) is 13.4. The van der Waals surface area contributed by atoms with E-state index >= 15 is 0 Å². The third-order valence-electron chi connectivity index (χ3n) is 3.93. The van der Waals surface area contributed by atoms with Crippen molar-refractivity contribution in [3.63, 3.8) is 0 Å². The second-order valence-corrected chi connectivity index (χ2v) is 6.71. The number of carbonyl (C=O) groups excluding carboxylic acids is 2. The molecule has 0 aromatic heterocycles. The average molecular weight is 357 g/mol. The van der Waals surface area contributed by atoms with Crippen LogP contribution in [0.15, 0.2) is 18.2 Å². The molecule has 2 atom stereocenters. The Hall–Kier alpha value is -1.26. The van der Waals surface area contributed by atoms with Crippen LogP contribution in [0.2, 0.25) is 10.0 Å². The van der Waals surface area contributed by atoms with Crippen LogP contribution in [0.3, 0.4) is 0 Å². The van der Waals surface area contributed by atoms with Gasteiger partial charge in [0.1, 0.15) is 0 Å². The number of nitrogens with one attached hydrogen (secondary N) is 1. The molecular weight excluding hydrogens is 335 g/mol. The molecule has 1 saturated carbocycles. The first-order valence-electron chi connectivity index (χ1n) is 8.02. The van der Waals surface area contributed by atoms with Gasteiger partial charge in [0.2, 0.25) is 11.8 Å². The van der Waals surface area contributed by atoms with Crippen LogP contribution in [0.5, 0.6) is 0 Å². The van der Waals surface area contributed by atoms with Crippen LogP contribution in [0.25, 0.3) is 0 Å². The maximum atomic E-state index is 12.5. The van der Waals surface area contributed by atoms with Crippen molar-refractivity contribution in [3.05, 3.63) is 28.2 Å². The van der Waals surface area contributed by atoms with Crippen molar-refractivity contribution in [2.45, 2.75) is 33.1 Å². The van der Waals surface area contributed by atoms with Gasteiger partial charge in [-0.15, -0.1) is 0 Å². The lowest BCUT2D eigenvalue weighted by atomic mass is 10.2. The number of nitrogens with zero attached hydrogens (tertiary/aromatic N) is 1. The molecule has 0 bridgehead atoms. The molecule has 0 spiro atoms. The van der Waals surface area contributed by atoms with Gasteiger partial charge in [-0.3, -0.25) is 9.59 Å². The molecule has 4 nitrogen and oxygen atoms in total. The van der Waals surface area contributed by atoms with Gasteiger partial charge in [0.25, 0.3) is 0 Å². The van der Waals surface area contributed by atoms with E-state index in [-0.39, 0.29) is 23.7 Å². The van der Waals surface area contributed by atoms with Crippen LogP contribution in [0.1, 0.15) is 33.1 Å².